The normalized spacial score (nSPS) is 23.9. The van der Waals surface area contributed by atoms with Crippen molar-refractivity contribution in [2.45, 2.75) is 18.1 Å². The Morgan fingerprint density at radius 2 is 2.12 bits per heavy atom. The number of hydrogen-bond donors (Lipinski definition) is 1. The average Bonchev–Trinajstić information content (AvgIpc) is 3.09. The molecule has 0 aliphatic carbocycles. The second kappa shape index (κ2) is 5.85. The first kappa shape index (κ1) is 16.6. The Kier molecular flexibility index (Phi) is 3.88. The molecular weight excluding hydrogens is 340 g/mol. The lowest BCUT2D eigenvalue weighted by Crippen LogP contribution is -2.68. The first-order valence-corrected chi connectivity index (χ1v) is 10.3. The maximum absolute atomic E-state index is 12.7. The Morgan fingerprint density at radius 3 is 2.84 bits per heavy atom. The number of fused-ring (bicyclic) bond motifs is 1. The van der Waals surface area contributed by atoms with Gasteiger partial charge in [0.15, 0.2) is 9.84 Å². The van der Waals surface area contributed by atoms with Gasteiger partial charge in [0.05, 0.1) is 12.4 Å². The third-order valence-electron chi connectivity index (χ3n) is 5.59. The molecule has 6 nitrogen and oxygen atoms in total. The van der Waals surface area contributed by atoms with Crippen LogP contribution in [-0.4, -0.2) is 61.0 Å². The molecule has 7 heteroatoms. The van der Waals surface area contributed by atoms with Crippen molar-refractivity contribution in [2.24, 2.45) is 5.92 Å². The summed E-state index contributed by atoms with van der Waals surface area (Å²) in [4.78, 5) is 17.5. The van der Waals surface area contributed by atoms with Gasteiger partial charge in [-0.3, -0.25) is 4.79 Å². The third-order valence-corrected chi connectivity index (χ3v) is 8.19. The van der Waals surface area contributed by atoms with E-state index < -0.39 is 14.6 Å². The first-order chi connectivity index (χ1) is 12.0. The Morgan fingerprint density at radius 1 is 1.36 bits per heavy atom. The fraction of sp³-hybridized carbons (Fsp3) is 0.500. The minimum absolute atomic E-state index is 0.0239. The van der Waals surface area contributed by atoms with Crippen molar-refractivity contribution in [1.29, 1.82) is 0 Å². The number of aromatic amines is 1. The second-order valence-electron chi connectivity index (χ2n) is 6.96. The Bertz CT molecular complexity index is 879. The smallest absolute Gasteiger partial charge is 0.270 e. The monoisotopic (exact) mass is 362 g/mol. The Balaban J connectivity index is 1.54. The molecule has 1 amide bonds. The number of likely N-dealkylation sites (tertiary alicyclic amines) is 1. The molecular formula is C18H22N2O4S. The van der Waals surface area contributed by atoms with E-state index in [1.807, 2.05) is 37.3 Å². The molecule has 134 valence electrons. The van der Waals surface area contributed by atoms with Gasteiger partial charge in [0.2, 0.25) is 0 Å². The summed E-state index contributed by atoms with van der Waals surface area (Å²) in [6.07, 6.45) is 0.622. The van der Waals surface area contributed by atoms with Gasteiger partial charge in [-0.1, -0.05) is 18.2 Å². The number of para-hydroxylation sites is 1. The molecule has 1 N–H and O–H groups in total. The fourth-order valence-electron chi connectivity index (χ4n) is 4.07. The van der Waals surface area contributed by atoms with Crippen molar-refractivity contribution in [2.75, 3.05) is 32.1 Å². The third kappa shape index (κ3) is 2.48. The van der Waals surface area contributed by atoms with Crippen LogP contribution < -0.4 is 0 Å². The number of carbonyl (C=O) groups is 1. The van der Waals surface area contributed by atoms with Crippen molar-refractivity contribution in [3.63, 3.8) is 0 Å². The molecule has 0 radical (unpaired) electrons. The largest absolute Gasteiger partial charge is 0.381 e. The van der Waals surface area contributed by atoms with E-state index in [0.717, 1.165) is 10.9 Å². The summed E-state index contributed by atoms with van der Waals surface area (Å²) in [5.41, 5.74) is 1.41. The van der Waals surface area contributed by atoms with Crippen LogP contribution in [0.1, 0.15) is 23.8 Å². The number of H-pyrrole nitrogens is 1. The molecule has 0 bridgehead atoms. The molecule has 2 aliphatic rings. The van der Waals surface area contributed by atoms with Gasteiger partial charge in [-0.15, -0.1) is 0 Å². The van der Waals surface area contributed by atoms with Crippen LogP contribution in [0.4, 0.5) is 0 Å². The van der Waals surface area contributed by atoms with Crippen LogP contribution in [0.15, 0.2) is 30.3 Å². The number of ether oxygens (including phenoxy) is 1. The topological polar surface area (TPSA) is 79.5 Å². The number of rotatable bonds is 4. The zero-order chi connectivity index (χ0) is 17.7. The van der Waals surface area contributed by atoms with Gasteiger partial charge in [0.25, 0.3) is 5.91 Å². The van der Waals surface area contributed by atoms with E-state index in [2.05, 4.69) is 4.98 Å². The first-order valence-electron chi connectivity index (χ1n) is 8.64. The van der Waals surface area contributed by atoms with Crippen molar-refractivity contribution in [3.05, 3.63) is 36.0 Å². The SMILES string of the molecule is CCOC[C@H]1CCS(=O)(=O)C12CN(C(=O)c1cc3ccccc3[nH]1)C2. The molecule has 2 aromatic rings. The van der Waals surface area contributed by atoms with Gasteiger partial charge in [-0.05, 0) is 25.5 Å². The lowest BCUT2D eigenvalue weighted by Gasteiger charge is -2.49. The highest BCUT2D eigenvalue weighted by Gasteiger charge is 2.62. The molecule has 4 rings (SSSR count). The summed E-state index contributed by atoms with van der Waals surface area (Å²) in [5.74, 6) is 0.0300. The summed E-state index contributed by atoms with van der Waals surface area (Å²) in [6.45, 7) is 3.46. The van der Waals surface area contributed by atoms with E-state index in [9.17, 15) is 13.2 Å². The van der Waals surface area contributed by atoms with Gasteiger partial charge < -0.3 is 14.6 Å². The van der Waals surface area contributed by atoms with E-state index in [1.54, 1.807) is 4.90 Å². The quantitative estimate of drug-likeness (QED) is 0.900. The van der Waals surface area contributed by atoms with E-state index in [-0.39, 0.29) is 30.7 Å². The number of aromatic nitrogens is 1. The molecule has 1 aromatic carbocycles. The highest BCUT2D eigenvalue weighted by molar-refractivity contribution is 7.93. The van der Waals surface area contributed by atoms with Crippen LogP contribution >= 0.6 is 0 Å². The zero-order valence-electron chi connectivity index (χ0n) is 14.2. The van der Waals surface area contributed by atoms with Gasteiger partial charge in [0, 0.05) is 36.5 Å². The summed E-state index contributed by atoms with van der Waals surface area (Å²) in [5, 5.41) is 0.976. The number of nitrogens with one attached hydrogen (secondary N) is 1. The van der Waals surface area contributed by atoms with Gasteiger partial charge in [-0.25, -0.2) is 8.42 Å². The van der Waals surface area contributed by atoms with E-state index in [4.69, 9.17) is 4.74 Å². The molecule has 2 saturated heterocycles. The molecule has 1 spiro atoms. The fourth-order valence-corrected chi connectivity index (χ4v) is 6.47. The summed E-state index contributed by atoms with van der Waals surface area (Å²) >= 11 is 0. The average molecular weight is 362 g/mol. The van der Waals surface area contributed by atoms with E-state index in [1.165, 1.54) is 0 Å². The number of amides is 1. The molecule has 25 heavy (non-hydrogen) atoms. The number of carbonyl (C=O) groups excluding carboxylic acids is 1. The maximum atomic E-state index is 12.7. The summed E-state index contributed by atoms with van der Waals surface area (Å²) in [7, 11) is -3.19. The van der Waals surface area contributed by atoms with Crippen molar-refractivity contribution < 1.29 is 17.9 Å². The highest BCUT2D eigenvalue weighted by Crippen LogP contribution is 2.45. The predicted octanol–water partition coefficient (Wildman–Crippen LogP) is 1.83. The van der Waals surface area contributed by atoms with Crippen LogP contribution in [0.3, 0.4) is 0 Å². The van der Waals surface area contributed by atoms with Gasteiger partial charge in [0.1, 0.15) is 10.4 Å². The minimum atomic E-state index is -3.19. The molecule has 1 aromatic heterocycles. The molecule has 2 aliphatic heterocycles. The predicted molar refractivity (Wildman–Crippen MR) is 95.3 cm³/mol. The van der Waals surface area contributed by atoms with Gasteiger partial charge >= 0.3 is 0 Å². The van der Waals surface area contributed by atoms with Crippen LogP contribution in [0.25, 0.3) is 10.9 Å². The number of sulfone groups is 1. The van der Waals surface area contributed by atoms with Crippen molar-refractivity contribution >= 4 is 26.6 Å². The van der Waals surface area contributed by atoms with E-state index >= 15 is 0 Å². The molecule has 3 heterocycles. The molecule has 1 atom stereocenters. The van der Waals surface area contributed by atoms with Crippen LogP contribution in [0.5, 0.6) is 0 Å². The second-order valence-corrected chi connectivity index (χ2v) is 9.41. The zero-order valence-corrected chi connectivity index (χ0v) is 15.0. The van der Waals surface area contributed by atoms with Gasteiger partial charge in [-0.2, -0.15) is 0 Å². The van der Waals surface area contributed by atoms with E-state index in [0.29, 0.717) is 25.3 Å². The minimum Gasteiger partial charge on any atom is -0.381 e. The van der Waals surface area contributed by atoms with Crippen molar-refractivity contribution in [3.8, 4) is 0 Å². The number of benzene rings is 1. The number of hydrogen-bond acceptors (Lipinski definition) is 4. The summed E-state index contributed by atoms with van der Waals surface area (Å²) in [6, 6.07) is 9.52. The Labute approximate surface area is 147 Å². The molecule has 0 unspecified atom stereocenters. The highest BCUT2D eigenvalue weighted by atomic mass is 32.2. The molecule has 0 saturated carbocycles. The van der Waals surface area contributed by atoms with Crippen molar-refractivity contribution in [1.82, 2.24) is 9.88 Å². The van der Waals surface area contributed by atoms with Crippen LogP contribution in [0.2, 0.25) is 0 Å². The molecule has 2 fully saturated rings. The Hall–Kier alpha value is -1.86. The van der Waals surface area contributed by atoms with Crippen LogP contribution in [-0.2, 0) is 14.6 Å². The lowest BCUT2D eigenvalue weighted by atomic mass is 9.83. The number of nitrogens with zero attached hydrogens (tertiary/aromatic N) is 1. The lowest BCUT2D eigenvalue weighted by molar-refractivity contribution is 0.0267. The summed E-state index contributed by atoms with van der Waals surface area (Å²) < 4.78 is 29.8. The van der Waals surface area contributed by atoms with Crippen LogP contribution in [0, 0.1) is 5.92 Å². The standard InChI is InChI=1S/C18H22N2O4S/c1-2-24-10-14-7-8-25(22,23)18(14)11-20(12-18)17(21)16-9-13-5-3-4-6-15(13)19-16/h3-6,9,14,19H,2,7-8,10-12H2,1H3/t14-/m1/s1. The maximum Gasteiger partial charge on any atom is 0.270 e.